The molecule has 0 saturated carbocycles. The quantitative estimate of drug-likeness (QED) is 0.622. The molecule has 3 aromatic rings. The van der Waals surface area contributed by atoms with Gasteiger partial charge in [-0.2, -0.15) is 0 Å². The zero-order valence-electron chi connectivity index (χ0n) is 17.4. The predicted octanol–water partition coefficient (Wildman–Crippen LogP) is 5.64. The van der Waals surface area contributed by atoms with Gasteiger partial charge in [-0.1, -0.05) is 23.3 Å². The maximum atomic E-state index is 12.8. The Morgan fingerprint density at radius 1 is 0.889 bits per heavy atom. The van der Waals surface area contributed by atoms with Crippen LogP contribution in [0, 0.1) is 13.8 Å². The Morgan fingerprint density at radius 3 is 2.11 bits per heavy atom. The van der Waals surface area contributed by atoms with Gasteiger partial charge in [0.1, 0.15) is 0 Å². The Balaban J connectivity index is 1.99. The number of H-pyrrole nitrogens is 1. The van der Waals surface area contributed by atoms with Crippen molar-refractivity contribution in [3.63, 3.8) is 0 Å². The Morgan fingerprint density at radius 2 is 1.52 bits per heavy atom. The Kier molecular flexibility index (Phi) is 4.67. The van der Waals surface area contributed by atoms with Crippen molar-refractivity contribution in [3.8, 4) is 11.3 Å². The second-order valence-corrected chi connectivity index (χ2v) is 9.19. The molecule has 0 aliphatic carbocycles. The highest BCUT2D eigenvalue weighted by Crippen LogP contribution is 2.31. The fraction of sp³-hybridized carbons (Fsp3) is 0.375. The standard InChI is InChI=1S/C24H30N2O/c1-15-10-16(2)12-17(11-15)21-14-18-13-19(8-9-20(18)25-21)24(6,7)22(27)26-23(3,4)5/h8-14,25H,1-7H3,(H,26,27). The van der Waals surface area contributed by atoms with E-state index in [1.807, 2.05) is 40.7 Å². The monoisotopic (exact) mass is 362 g/mol. The largest absolute Gasteiger partial charge is 0.355 e. The van der Waals surface area contributed by atoms with Crippen LogP contribution in [0.4, 0.5) is 0 Å². The number of aromatic nitrogens is 1. The van der Waals surface area contributed by atoms with Crippen LogP contribution in [0.2, 0.25) is 0 Å². The molecule has 1 aromatic heterocycles. The van der Waals surface area contributed by atoms with Crippen LogP contribution in [-0.4, -0.2) is 16.4 Å². The summed E-state index contributed by atoms with van der Waals surface area (Å²) in [6.45, 7) is 14.2. The number of hydrogen-bond donors (Lipinski definition) is 2. The minimum Gasteiger partial charge on any atom is -0.355 e. The summed E-state index contributed by atoms with van der Waals surface area (Å²) >= 11 is 0. The topological polar surface area (TPSA) is 44.9 Å². The summed E-state index contributed by atoms with van der Waals surface area (Å²) in [5.74, 6) is 0.0411. The molecule has 0 spiro atoms. The van der Waals surface area contributed by atoms with Gasteiger partial charge in [-0.05, 0) is 89.9 Å². The summed E-state index contributed by atoms with van der Waals surface area (Å²) in [6.07, 6.45) is 0. The molecule has 0 bridgehead atoms. The lowest BCUT2D eigenvalue weighted by Gasteiger charge is -2.30. The number of nitrogens with one attached hydrogen (secondary N) is 2. The zero-order valence-corrected chi connectivity index (χ0v) is 17.4. The van der Waals surface area contributed by atoms with Crippen LogP contribution in [0.15, 0.2) is 42.5 Å². The molecule has 27 heavy (non-hydrogen) atoms. The van der Waals surface area contributed by atoms with Gasteiger partial charge < -0.3 is 10.3 Å². The van der Waals surface area contributed by atoms with E-state index in [9.17, 15) is 4.79 Å². The number of carbonyl (C=O) groups is 1. The molecule has 3 nitrogen and oxygen atoms in total. The molecule has 2 N–H and O–H groups in total. The molecule has 0 radical (unpaired) electrons. The number of amides is 1. The van der Waals surface area contributed by atoms with Gasteiger partial charge in [-0.15, -0.1) is 0 Å². The van der Waals surface area contributed by atoms with Gasteiger partial charge in [-0.25, -0.2) is 0 Å². The zero-order chi connectivity index (χ0) is 20.0. The minimum absolute atomic E-state index is 0.0411. The first kappa shape index (κ1) is 19.2. The van der Waals surface area contributed by atoms with Gasteiger partial charge in [0, 0.05) is 22.1 Å². The van der Waals surface area contributed by atoms with Gasteiger partial charge in [0.15, 0.2) is 0 Å². The first-order valence-electron chi connectivity index (χ1n) is 9.50. The number of benzene rings is 2. The molecule has 0 atom stereocenters. The molecule has 1 heterocycles. The van der Waals surface area contributed by atoms with Crippen LogP contribution in [-0.2, 0) is 10.2 Å². The molecule has 0 saturated heterocycles. The highest BCUT2D eigenvalue weighted by molar-refractivity contribution is 5.91. The number of aryl methyl sites for hydroxylation is 2. The van der Waals surface area contributed by atoms with E-state index < -0.39 is 5.41 Å². The molecular weight excluding hydrogens is 332 g/mol. The molecule has 0 aliphatic rings. The van der Waals surface area contributed by atoms with Gasteiger partial charge in [0.05, 0.1) is 5.41 Å². The van der Waals surface area contributed by atoms with Crippen LogP contribution in [0.1, 0.15) is 51.3 Å². The lowest BCUT2D eigenvalue weighted by molar-refractivity contribution is -0.127. The Hall–Kier alpha value is -2.55. The summed E-state index contributed by atoms with van der Waals surface area (Å²) in [5, 5.41) is 4.23. The van der Waals surface area contributed by atoms with Crippen molar-refractivity contribution in [1.82, 2.24) is 10.3 Å². The van der Waals surface area contributed by atoms with Gasteiger partial charge in [-0.3, -0.25) is 4.79 Å². The average molecular weight is 363 g/mol. The molecule has 3 rings (SSSR count). The lowest BCUT2D eigenvalue weighted by atomic mass is 9.82. The number of aromatic amines is 1. The van der Waals surface area contributed by atoms with Crippen LogP contribution in [0.3, 0.4) is 0 Å². The summed E-state index contributed by atoms with van der Waals surface area (Å²) in [4.78, 5) is 16.3. The second kappa shape index (κ2) is 6.56. The maximum Gasteiger partial charge on any atom is 0.230 e. The number of fused-ring (bicyclic) bond motifs is 1. The fourth-order valence-electron chi connectivity index (χ4n) is 3.44. The average Bonchev–Trinajstić information content (AvgIpc) is 2.95. The first-order valence-corrected chi connectivity index (χ1v) is 9.50. The molecule has 0 unspecified atom stereocenters. The highest BCUT2D eigenvalue weighted by Gasteiger charge is 2.32. The van der Waals surface area contributed by atoms with Crippen LogP contribution in [0.5, 0.6) is 0 Å². The Labute approximate surface area is 162 Å². The van der Waals surface area contributed by atoms with Crippen molar-refractivity contribution in [2.24, 2.45) is 0 Å². The summed E-state index contributed by atoms with van der Waals surface area (Å²) < 4.78 is 0. The van der Waals surface area contributed by atoms with Crippen molar-refractivity contribution < 1.29 is 4.79 Å². The van der Waals surface area contributed by atoms with Crippen molar-refractivity contribution in [1.29, 1.82) is 0 Å². The van der Waals surface area contributed by atoms with E-state index in [1.54, 1.807) is 0 Å². The number of hydrogen-bond acceptors (Lipinski definition) is 1. The smallest absolute Gasteiger partial charge is 0.230 e. The van der Waals surface area contributed by atoms with E-state index in [0.717, 1.165) is 22.2 Å². The normalized spacial score (nSPS) is 12.4. The first-order chi connectivity index (χ1) is 12.5. The van der Waals surface area contributed by atoms with Gasteiger partial charge >= 0.3 is 0 Å². The van der Waals surface area contributed by atoms with Crippen LogP contribution in [0.25, 0.3) is 22.2 Å². The van der Waals surface area contributed by atoms with Gasteiger partial charge in [0.2, 0.25) is 5.91 Å². The number of carbonyl (C=O) groups excluding carboxylic acids is 1. The molecular formula is C24H30N2O. The van der Waals surface area contributed by atoms with E-state index in [1.165, 1.54) is 16.7 Å². The SMILES string of the molecule is Cc1cc(C)cc(-c2cc3cc(C(C)(C)C(=O)NC(C)(C)C)ccc3[nH]2)c1. The van der Waals surface area contributed by atoms with Crippen molar-refractivity contribution >= 4 is 16.8 Å². The van der Waals surface area contributed by atoms with Gasteiger partial charge in [0.25, 0.3) is 0 Å². The third kappa shape index (κ3) is 4.08. The molecule has 2 aromatic carbocycles. The second-order valence-electron chi connectivity index (χ2n) is 9.19. The van der Waals surface area contributed by atoms with Crippen molar-refractivity contribution in [3.05, 3.63) is 59.2 Å². The fourth-order valence-corrected chi connectivity index (χ4v) is 3.44. The van der Waals surface area contributed by atoms with Crippen LogP contribution < -0.4 is 5.32 Å². The van der Waals surface area contributed by atoms with Crippen molar-refractivity contribution in [2.75, 3.05) is 0 Å². The summed E-state index contributed by atoms with van der Waals surface area (Å²) in [7, 11) is 0. The summed E-state index contributed by atoms with van der Waals surface area (Å²) in [6, 6.07) is 15.0. The summed E-state index contributed by atoms with van der Waals surface area (Å²) in [5.41, 5.74) is 6.05. The number of rotatable bonds is 3. The van der Waals surface area contributed by atoms with E-state index in [2.05, 4.69) is 60.5 Å². The highest BCUT2D eigenvalue weighted by atomic mass is 16.2. The predicted molar refractivity (Wildman–Crippen MR) is 114 cm³/mol. The third-order valence-corrected chi connectivity index (χ3v) is 4.93. The molecule has 0 fully saturated rings. The van der Waals surface area contributed by atoms with E-state index in [4.69, 9.17) is 0 Å². The lowest BCUT2D eigenvalue weighted by Crippen LogP contribution is -2.48. The van der Waals surface area contributed by atoms with E-state index in [0.29, 0.717) is 0 Å². The van der Waals surface area contributed by atoms with Crippen molar-refractivity contribution in [2.45, 2.75) is 59.4 Å². The van der Waals surface area contributed by atoms with Crippen LogP contribution >= 0.6 is 0 Å². The minimum atomic E-state index is -0.598. The molecule has 0 aliphatic heterocycles. The Bertz CT molecular complexity index is 983. The third-order valence-electron chi connectivity index (χ3n) is 4.93. The van der Waals surface area contributed by atoms with E-state index >= 15 is 0 Å². The molecule has 3 heteroatoms. The van der Waals surface area contributed by atoms with E-state index in [-0.39, 0.29) is 11.4 Å². The molecule has 1 amide bonds. The maximum absolute atomic E-state index is 12.8. The molecule has 142 valence electrons.